The minimum Gasteiger partial charge on any atom is -0.456 e. The number of hydrogen-bond donors (Lipinski definition) is 1. The predicted octanol–water partition coefficient (Wildman–Crippen LogP) is 5.50. The minimum absolute atomic E-state index is 0.825. The molecule has 2 nitrogen and oxygen atoms in total. The van der Waals surface area contributed by atoms with Crippen molar-refractivity contribution in [3.8, 4) is 11.5 Å². The normalized spacial score (nSPS) is 10.6. The molecular formula is C16H17Br2NO. The summed E-state index contributed by atoms with van der Waals surface area (Å²) in [6.45, 7) is 4.08. The molecule has 0 atom stereocenters. The van der Waals surface area contributed by atoms with Gasteiger partial charge in [0.2, 0.25) is 0 Å². The van der Waals surface area contributed by atoms with Crippen LogP contribution in [-0.2, 0) is 6.54 Å². The van der Waals surface area contributed by atoms with Crippen molar-refractivity contribution in [1.29, 1.82) is 0 Å². The molecule has 106 valence electrons. The largest absolute Gasteiger partial charge is 0.456 e. The molecular weight excluding hydrogens is 382 g/mol. The van der Waals surface area contributed by atoms with E-state index in [1.165, 1.54) is 5.56 Å². The summed E-state index contributed by atoms with van der Waals surface area (Å²) in [6.07, 6.45) is 1.14. The van der Waals surface area contributed by atoms with Crippen molar-refractivity contribution < 1.29 is 4.74 Å². The molecule has 0 aliphatic heterocycles. The number of rotatable bonds is 6. The number of hydrogen-bond acceptors (Lipinski definition) is 2. The Hall–Kier alpha value is -0.840. The molecule has 4 heteroatoms. The molecule has 2 rings (SSSR count). The van der Waals surface area contributed by atoms with Crippen LogP contribution >= 0.6 is 31.9 Å². The molecule has 0 aliphatic rings. The van der Waals surface area contributed by atoms with Crippen LogP contribution in [0, 0.1) is 0 Å². The zero-order valence-electron chi connectivity index (χ0n) is 11.3. The zero-order chi connectivity index (χ0) is 14.4. The Morgan fingerprint density at radius 3 is 2.45 bits per heavy atom. The van der Waals surface area contributed by atoms with E-state index in [1.807, 2.05) is 30.3 Å². The molecule has 0 spiro atoms. The first-order chi connectivity index (χ1) is 9.69. The fraction of sp³-hybridized carbons (Fsp3) is 0.250. The quantitative estimate of drug-likeness (QED) is 0.648. The summed E-state index contributed by atoms with van der Waals surface area (Å²) in [5.41, 5.74) is 1.24. The minimum atomic E-state index is 0.825. The van der Waals surface area contributed by atoms with Crippen LogP contribution in [0.25, 0.3) is 0 Å². The molecule has 0 saturated carbocycles. The highest BCUT2D eigenvalue weighted by Crippen LogP contribution is 2.31. The number of ether oxygens (including phenoxy) is 1. The van der Waals surface area contributed by atoms with Gasteiger partial charge in [-0.25, -0.2) is 0 Å². The summed E-state index contributed by atoms with van der Waals surface area (Å²) in [5.74, 6) is 1.65. The van der Waals surface area contributed by atoms with Gasteiger partial charge in [-0.3, -0.25) is 0 Å². The Morgan fingerprint density at radius 2 is 1.80 bits per heavy atom. The first kappa shape index (κ1) is 15.5. The van der Waals surface area contributed by atoms with E-state index in [4.69, 9.17) is 4.74 Å². The fourth-order valence-corrected chi connectivity index (χ4v) is 2.55. The van der Waals surface area contributed by atoms with Gasteiger partial charge in [-0.15, -0.1) is 0 Å². The fourth-order valence-electron chi connectivity index (χ4n) is 1.78. The summed E-state index contributed by atoms with van der Waals surface area (Å²) >= 11 is 6.98. The Balaban J connectivity index is 2.03. The lowest BCUT2D eigenvalue weighted by molar-refractivity contribution is 0.479. The molecule has 0 radical (unpaired) electrons. The van der Waals surface area contributed by atoms with E-state index < -0.39 is 0 Å². The Morgan fingerprint density at radius 1 is 1.05 bits per heavy atom. The van der Waals surface area contributed by atoms with E-state index in [-0.39, 0.29) is 0 Å². The van der Waals surface area contributed by atoms with Gasteiger partial charge >= 0.3 is 0 Å². The highest BCUT2D eigenvalue weighted by Gasteiger charge is 2.04. The predicted molar refractivity (Wildman–Crippen MR) is 90.4 cm³/mol. The van der Waals surface area contributed by atoms with E-state index in [1.54, 1.807) is 0 Å². The third-order valence-electron chi connectivity index (χ3n) is 2.79. The first-order valence-electron chi connectivity index (χ1n) is 6.61. The molecule has 0 bridgehead atoms. The van der Waals surface area contributed by atoms with Gasteiger partial charge in [0.25, 0.3) is 0 Å². The summed E-state index contributed by atoms with van der Waals surface area (Å²) in [6, 6.07) is 14.0. The lowest BCUT2D eigenvalue weighted by Crippen LogP contribution is -2.13. The Bertz CT molecular complexity index is 555. The van der Waals surface area contributed by atoms with Gasteiger partial charge < -0.3 is 10.1 Å². The molecule has 0 aromatic heterocycles. The van der Waals surface area contributed by atoms with Crippen LogP contribution in [0.5, 0.6) is 11.5 Å². The molecule has 2 aromatic rings. The van der Waals surface area contributed by atoms with E-state index in [0.29, 0.717) is 0 Å². The van der Waals surface area contributed by atoms with Crippen LogP contribution < -0.4 is 10.1 Å². The summed E-state index contributed by atoms with van der Waals surface area (Å²) < 4.78 is 7.87. The van der Waals surface area contributed by atoms with Crippen molar-refractivity contribution in [2.24, 2.45) is 0 Å². The molecule has 0 unspecified atom stereocenters. The standard InChI is InChI=1S/C16H17Br2NO/c1-2-9-19-11-12-3-8-16(15(18)10-12)20-14-6-4-13(17)5-7-14/h3-8,10,19H,2,9,11H2,1H3. The van der Waals surface area contributed by atoms with Crippen molar-refractivity contribution >= 4 is 31.9 Å². The molecule has 0 heterocycles. The van der Waals surface area contributed by atoms with Crippen molar-refractivity contribution in [1.82, 2.24) is 5.32 Å². The summed E-state index contributed by atoms with van der Waals surface area (Å²) in [7, 11) is 0. The topological polar surface area (TPSA) is 21.3 Å². The molecule has 2 aromatic carbocycles. The SMILES string of the molecule is CCCNCc1ccc(Oc2ccc(Br)cc2)c(Br)c1. The van der Waals surface area contributed by atoms with Gasteiger partial charge in [-0.05, 0) is 70.9 Å². The molecule has 0 aliphatic carbocycles. The zero-order valence-corrected chi connectivity index (χ0v) is 14.5. The van der Waals surface area contributed by atoms with Crippen molar-refractivity contribution in [2.45, 2.75) is 19.9 Å². The first-order valence-corrected chi connectivity index (χ1v) is 8.20. The maximum atomic E-state index is 5.86. The van der Waals surface area contributed by atoms with E-state index in [2.05, 4.69) is 56.2 Å². The number of benzene rings is 2. The highest BCUT2D eigenvalue weighted by molar-refractivity contribution is 9.10. The molecule has 20 heavy (non-hydrogen) atoms. The highest BCUT2D eigenvalue weighted by atomic mass is 79.9. The smallest absolute Gasteiger partial charge is 0.141 e. The second-order valence-electron chi connectivity index (χ2n) is 4.50. The third kappa shape index (κ3) is 4.62. The lowest BCUT2D eigenvalue weighted by Gasteiger charge is -2.10. The van der Waals surface area contributed by atoms with Gasteiger partial charge in [0.05, 0.1) is 4.47 Å². The lowest BCUT2D eigenvalue weighted by atomic mass is 10.2. The Labute approximate surface area is 136 Å². The maximum Gasteiger partial charge on any atom is 0.141 e. The van der Waals surface area contributed by atoms with E-state index in [9.17, 15) is 0 Å². The van der Waals surface area contributed by atoms with Crippen molar-refractivity contribution in [3.63, 3.8) is 0 Å². The van der Waals surface area contributed by atoms with Crippen LogP contribution in [0.15, 0.2) is 51.4 Å². The molecule has 0 saturated heterocycles. The summed E-state index contributed by atoms with van der Waals surface area (Å²) in [4.78, 5) is 0. The van der Waals surface area contributed by atoms with E-state index >= 15 is 0 Å². The molecule has 0 amide bonds. The molecule has 1 N–H and O–H groups in total. The van der Waals surface area contributed by atoms with Crippen LogP contribution in [0.4, 0.5) is 0 Å². The van der Waals surface area contributed by atoms with Crippen LogP contribution in [0.2, 0.25) is 0 Å². The van der Waals surface area contributed by atoms with Crippen molar-refractivity contribution in [2.75, 3.05) is 6.54 Å². The van der Waals surface area contributed by atoms with Gasteiger partial charge in [0, 0.05) is 11.0 Å². The number of halogens is 2. The average molecular weight is 399 g/mol. The maximum absolute atomic E-state index is 5.86. The average Bonchev–Trinajstić information content (AvgIpc) is 2.44. The van der Waals surface area contributed by atoms with Gasteiger partial charge in [0.1, 0.15) is 11.5 Å². The van der Waals surface area contributed by atoms with Gasteiger partial charge in [0.15, 0.2) is 0 Å². The second kappa shape index (κ2) is 7.81. The van der Waals surface area contributed by atoms with Crippen molar-refractivity contribution in [3.05, 3.63) is 57.0 Å². The Kier molecular flexibility index (Phi) is 6.07. The van der Waals surface area contributed by atoms with Gasteiger partial charge in [-0.2, -0.15) is 0 Å². The van der Waals surface area contributed by atoms with Crippen LogP contribution in [0.3, 0.4) is 0 Å². The van der Waals surface area contributed by atoms with Crippen LogP contribution in [0.1, 0.15) is 18.9 Å². The monoisotopic (exact) mass is 397 g/mol. The second-order valence-corrected chi connectivity index (χ2v) is 6.27. The van der Waals surface area contributed by atoms with Crippen LogP contribution in [-0.4, -0.2) is 6.54 Å². The van der Waals surface area contributed by atoms with E-state index in [0.717, 1.165) is 40.0 Å². The molecule has 0 fully saturated rings. The number of nitrogens with one attached hydrogen (secondary N) is 1. The summed E-state index contributed by atoms with van der Waals surface area (Å²) in [5, 5.41) is 3.39. The van der Waals surface area contributed by atoms with Gasteiger partial charge in [-0.1, -0.05) is 28.9 Å². The third-order valence-corrected chi connectivity index (χ3v) is 3.94.